The van der Waals surface area contributed by atoms with Crippen molar-refractivity contribution in [2.75, 3.05) is 0 Å². The Morgan fingerprint density at radius 1 is 1.28 bits per heavy atom. The normalized spacial score (nSPS) is 17.2. The molecule has 18 heavy (non-hydrogen) atoms. The Hall–Kier alpha value is -0.810. The van der Waals surface area contributed by atoms with Crippen LogP contribution in [-0.4, -0.2) is 0 Å². The van der Waals surface area contributed by atoms with Crippen molar-refractivity contribution in [1.82, 2.24) is 0 Å². The largest absolute Gasteiger partial charge is 0.419 e. The van der Waals surface area contributed by atoms with Gasteiger partial charge in [0.15, 0.2) is 0 Å². The summed E-state index contributed by atoms with van der Waals surface area (Å²) in [6, 6.07) is 2.62. The number of alkyl halides is 3. The van der Waals surface area contributed by atoms with E-state index in [2.05, 4.69) is 0 Å². The molecule has 1 nitrogen and oxygen atoms in total. The van der Waals surface area contributed by atoms with Crippen molar-refractivity contribution >= 4 is 12.4 Å². The van der Waals surface area contributed by atoms with Crippen LogP contribution in [0, 0.1) is 11.7 Å². The summed E-state index contributed by atoms with van der Waals surface area (Å²) >= 11 is 0. The molecule has 0 radical (unpaired) electrons. The van der Waals surface area contributed by atoms with E-state index in [1.165, 1.54) is 12.1 Å². The van der Waals surface area contributed by atoms with Crippen molar-refractivity contribution in [2.24, 2.45) is 11.7 Å². The molecule has 1 fully saturated rings. The predicted octanol–water partition coefficient (Wildman–Crippen LogP) is 4.07. The molecule has 0 amide bonds. The van der Waals surface area contributed by atoms with Gasteiger partial charge in [0.05, 0.1) is 5.56 Å². The van der Waals surface area contributed by atoms with Crippen LogP contribution in [0.5, 0.6) is 0 Å². The highest BCUT2D eigenvalue weighted by atomic mass is 35.5. The van der Waals surface area contributed by atoms with Crippen LogP contribution in [0.1, 0.15) is 36.4 Å². The smallest absolute Gasteiger partial charge is 0.324 e. The molecule has 0 unspecified atom stereocenters. The lowest BCUT2D eigenvalue weighted by molar-refractivity contribution is -0.140. The van der Waals surface area contributed by atoms with Crippen LogP contribution in [0.3, 0.4) is 0 Å². The summed E-state index contributed by atoms with van der Waals surface area (Å²) in [5, 5.41) is 0. The lowest BCUT2D eigenvalue weighted by Crippen LogP contribution is -2.16. The molecule has 0 aliphatic heterocycles. The maximum absolute atomic E-state index is 13.7. The molecule has 2 N–H and O–H groups in total. The topological polar surface area (TPSA) is 26.0 Å². The minimum Gasteiger partial charge on any atom is -0.324 e. The third-order valence-electron chi connectivity index (χ3n) is 3.02. The first-order chi connectivity index (χ1) is 7.89. The van der Waals surface area contributed by atoms with Gasteiger partial charge in [-0.05, 0) is 18.4 Å². The van der Waals surface area contributed by atoms with Crippen molar-refractivity contribution in [2.45, 2.75) is 31.5 Å². The van der Waals surface area contributed by atoms with E-state index in [0.717, 1.165) is 18.9 Å². The van der Waals surface area contributed by atoms with Gasteiger partial charge < -0.3 is 5.73 Å². The molecule has 1 saturated carbocycles. The Kier molecular flexibility index (Phi) is 4.61. The van der Waals surface area contributed by atoms with Crippen LogP contribution in [0.4, 0.5) is 17.6 Å². The lowest BCUT2D eigenvalue weighted by Gasteiger charge is -2.16. The Morgan fingerprint density at radius 2 is 1.89 bits per heavy atom. The molecule has 0 bridgehead atoms. The average Bonchev–Trinajstić information content (AvgIpc) is 3.00. The van der Waals surface area contributed by atoms with Crippen molar-refractivity contribution in [3.8, 4) is 0 Å². The zero-order valence-electron chi connectivity index (χ0n) is 9.51. The average molecular weight is 284 g/mol. The van der Waals surface area contributed by atoms with Gasteiger partial charge >= 0.3 is 6.18 Å². The maximum Gasteiger partial charge on any atom is 0.419 e. The molecule has 1 aliphatic carbocycles. The Bertz CT molecular complexity index is 415. The third kappa shape index (κ3) is 3.36. The molecular weight excluding hydrogens is 270 g/mol. The molecule has 6 heteroatoms. The van der Waals surface area contributed by atoms with E-state index >= 15 is 0 Å². The molecule has 0 saturated heterocycles. The first-order valence-electron chi connectivity index (χ1n) is 5.50. The SMILES string of the molecule is Cl.N[C@@H](CC1CC1)c1cccc(C(F)(F)F)c1F. The number of halogens is 5. The molecule has 1 aliphatic rings. The first kappa shape index (κ1) is 15.2. The van der Waals surface area contributed by atoms with E-state index in [1.54, 1.807) is 0 Å². The second kappa shape index (κ2) is 5.45. The fraction of sp³-hybridized carbons (Fsp3) is 0.500. The summed E-state index contributed by atoms with van der Waals surface area (Å²) in [5.74, 6) is -0.785. The minimum atomic E-state index is -4.67. The molecular formula is C12H14ClF4N. The van der Waals surface area contributed by atoms with E-state index in [9.17, 15) is 17.6 Å². The van der Waals surface area contributed by atoms with Gasteiger partial charge in [0.25, 0.3) is 0 Å². The van der Waals surface area contributed by atoms with Gasteiger partial charge in [-0.2, -0.15) is 13.2 Å². The fourth-order valence-corrected chi connectivity index (χ4v) is 1.89. The van der Waals surface area contributed by atoms with Crippen molar-refractivity contribution in [3.63, 3.8) is 0 Å². The number of benzene rings is 1. The third-order valence-corrected chi connectivity index (χ3v) is 3.02. The van der Waals surface area contributed by atoms with Crippen LogP contribution < -0.4 is 5.73 Å². The van der Waals surface area contributed by atoms with E-state index in [0.29, 0.717) is 12.3 Å². The number of rotatable bonds is 3. The van der Waals surface area contributed by atoms with Crippen molar-refractivity contribution in [1.29, 1.82) is 0 Å². The van der Waals surface area contributed by atoms with Crippen LogP contribution in [0.25, 0.3) is 0 Å². The minimum absolute atomic E-state index is 0. The summed E-state index contributed by atoms with van der Waals surface area (Å²) in [6.45, 7) is 0. The van der Waals surface area contributed by atoms with Gasteiger partial charge in [-0.25, -0.2) is 4.39 Å². The van der Waals surface area contributed by atoms with E-state index in [1.807, 2.05) is 0 Å². The highest BCUT2D eigenvalue weighted by Gasteiger charge is 2.36. The fourth-order valence-electron chi connectivity index (χ4n) is 1.89. The van der Waals surface area contributed by atoms with Crippen molar-refractivity contribution in [3.05, 3.63) is 35.1 Å². The highest BCUT2D eigenvalue weighted by molar-refractivity contribution is 5.85. The van der Waals surface area contributed by atoms with Gasteiger partial charge in [0, 0.05) is 11.6 Å². The van der Waals surface area contributed by atoms with Crippen LogP contribution >= 0.6 is 12.4 Å². The van der Waals surface area contributed by atoms with Gasteiger partial charge in [-0.3, -0.25) is 0 Å². The standard InChI is InChI=1S/C12H13F4N.ClH/c13-11-8(10(17)6-7-4-5-7)2-1-3-9(11)12(14,15)16;/h1-3,7,10H,4-6,17H2;1H/t10-;/m0./s1. The summed E-state index contributed by atoms with van der Waals surface area (Å²) in [7, 11) is 0. The van der Waals surface area contributed by atoms with Gasteiger partial charge in [-0.1, -0.05) is 25.0 Å². The monoisotopic (exact) mass is 283 g/mol. The number of hydrogen-bond donors (Lipinski definition) is 1. The summed E-state index contributed by atoms with van der Waals surface area (Å²) < 4.78 is 51.1. The Morgan fingerprint density at radius 3 is 2.39 bits per heavy atom. The summed E-state index contributed by atoms with van der Waals surface area (Å²) in [4.78, 5) is 0. The first-order valence-corrected chi connectivity index (χ1v) is 5.50. The van der Waals surface area contributed by atoms with Crippen LogP contribution in [-0.2, 0) is 6.18 Å². The molecule has 1 aromatic rings. The Labute approximate surface area is 109 Å². The van der Waals surface area contributed by atoms with Crippen LogP contribution in [0.2, 0.25) is 0 Å². The molecule has 102 valence electrons. The quantitative estimate of drug-likeness (QED) is 0.832. The molecule has 0 aromatic heterocycles. The molecule has 2 rings (SSSR count). The lowest BCUT2D eigenvalue weighted by atomic mass is 9.99. The van der Waals surface area contributed by atoms with Gasteiger partial charge in [0.2, 0.25) is 0 Å². The second-order valence-corrected chi connectivity index (χ2v) is 4.49. The zero-order valence-corrected chi connectivity index (χ0v) is 10.3. The summed E-state index contributed by atoms with van der Waals surface area (Å²) in [6.07, 6.45) is -2.04. The second-order valence-electron chi connectivity index (χ2n) is 4.49. The predicted molar refractivity (Wildman–Crippen MR) is 62.9 cm³/mol. The van der Waals surface area contributed by atoms with Gasteiger partial charge in [0.1, 0.15) is 5.82 Å². The van der Waals surface area contributed by atoms with E-state index in [-0.39, 0.29) is 18.0 Å². The van der Waals surface area contributed by atoms with Gasteiger partial charge in [-0.15, -0.1) is 12.4 Å². The maximum atomic E-state index is 13.7. The highest BCUT2D eigenvalue weighted by Crippen LogP contribution is 2.39. The Balaban J connectivity index is 0.00000162. The van der Waals surface area contributed by atoms with Crippen molar-refractivity contribution < 1.29 is 17.6 Å². The van der Waals surface area contributed by atoms with E-state index < -0.39 is 23.6 Å². The molecule has 1 aromatic carbocycles. The van der Waals surface area contributed by atoms with E-state index in [4.69, 9.17) is 5.73 Å². The van der Waals surface area contributed by atoms with Crippen LogP contribution in [0.15, 0.2) is 18.2 Å². The molecule has 0 spiro atoms. The molecule has 0 heterocycles. The zero-order chi connectivity index (χ0) is 12.6. The number of nitrogens with two attached hydrogens (primary N) is 1. The molecule has 1 atom stereocenters. The summed E-state index contributed by atoms with van der Waals surface area (Å²) in [5.41, 5.74) is 4.47. The number of hydrogen-bond acceptors (Lipinski definition) is 1.